The fourth-order valence-electron chi connectivity index (χ4n) is 4.39. The molecule has 0 spiro atoms. The lowest BCUT2D eigenvalue weighted by atomic mass is 9.86. The average molecular weight is 424 g/mol. The molecular weight excluding hydrogens is 408 g/mol. The molecule has 156 valence electrons. The number of benzene rings is 1. The van der Waals surface area contributed by atoms with Crippen LogP contribution in [-0.4, -0.2) is 20.6 Å². The van der Waals surface area contributed by atoms with Crippen LogP contribution in [0.3, 0.4) is 0 Å². The summed E-state index contributed by atoms with van der Waals surface area (Å²) in [6, 6.07) is 12.7. The standard InChI is InChI=1S/C24H16N4O4/c1-2-24(31)18-8-19-21-16(11-28(19)22(29)17(18)12-32-23(24)30)7-15-5-3-4-14(20(15)27-21)6-13(9-25)10-26/h3-8,31H,2,11-12H2,1H3. The Morgan fingerprint density at radius 1 is 1.31 bits per heavy atom. The number of aliphatic hydroxyl groups is 1. The minimum Gasteiger partial charge on any atom is -0.458 e. The van der Waals surface area contributed by atoms with E-state index in [1.165, 1.54) is 6.08 Å². The predicted octanol–water partition coefficient (Wildman–Crippen LogP) is 2.51. The highest BCUT2D eigenvalue weighted by Crippen LogP contribution is 2.39. The van der Waals surface area contributed by atoms with Crippen molar-refractivity contribution in [2.45, 2.75) is 32.1 Å². The number of hydrogen-bond acceptors (Lipinski definition) is 7. The number of fused-ring (bicyclic) bond motifs is 5. The van der Waals surface area contributed by atoms with Gasteiger partial charge in [-0.2, -0.15) is 10.5 Å². The zero-order valence-corrected chi connectivity index (χ0v) is 17.0. The number of nitrogens with zero attached hydrogens (tertiary/aromatic N) is 4. The number of hydrogen-bond donors (Lipinski definition) is 1. The Hall–Kier alpha value is -4.27. The first-order chi connectivity index (χ1) is 15.4. The summed E-state index contributed by atoms with van der Waals surface area (Å²) >= 11 is 0. The molecule has 1 atom stereocenters. The van der Waals surface area contributed by atoms with Crippen LogP contribution >= 0.6 is 0 Å². The second-order valence-corrected chi connectivity index (χ2v) is 7.80. The number of nitriles is 2. The highest BCUT2D eigenvalue weighted by Gasteiger charge is 2.45. The van der Waals surface area contributed by atoms with Crippen LogP contribution in [0.5, 0.6) is 0 Å². The third-order valence-corrected chi connectivity index (χ3v) is 6.11. The smallest absolute Gasteiger partial charge is 0.343 e. The van der Waals surface area contributed by atoms with Crippen LogP contribution in [0.1, 0.15) is 35.6 Å². The minimum atomic E-state index is -1.88. The van der Waals surface area contributed by atoms with Crippen molar-refractivity contribution in [3.8, 4) is 23.5 Å². The van der Waals surface area contributed by atoms with Crippen molar-refractivity contribution in [2.75, 3.05) is 0 Å². The molecule has 8 nitrogen and oxygen atoms in total. The van der Waals surface area contributed by atoms with E-state index in [4.69, 9.17) is 20.2 Å². The van der Waals surface area contributed by atoms with Crippen LogP contribution in [-0.2, 0) is 28.3 Å². The van der Waals surface area contributed by atoms with Crippen LogP contribution in [0, 0.1) is 22.7 Å². The van der Waals surface area contributed by atoms with Crippen molar-refractivity contribution in [3.05, 3.63) is 68.5 Å². The Bertz CT molecular complexity index is 1500. The predicted molar refractivity (Wildman–Crippen MR) is 114 cm³/mol. The number of carbonyl (C=O) groups excluding carboxylic acids is 1. The van der Waals surface area contributed by atoms with Crippen molar-refractivity contribution in [1.82, 2.24) is 9.55 Å². The van der Waals surface area contributed by atoms with Crippen molar-refractivity contribution in [1.29, 1.82) is 10.5 Å². The second kappa shape index (κ2) is 6.88. The van der Waals surface area contributed by atoms with Gasteiger partial charge in [0.15, 0.2) is 5.60 Å². The van der Waals surface area contributed by atoms with E-state index in [-0.39, 0.29) is 35.3 Å². The van der Waals surface area contributed by atoms with Gasteiger partial charge >= 0.3 is 5.97 Å². The summed E-state index contributed by atoms with van der Waals surface area (Å²) in [5.74, 6) is -0.769. The third-order valence-electron chi connectivity index (χ3n) is 6.11. The molecular formula is C24H16N4O4. The molecule has 1 N–H and O–H groups in total. The lowest BCUT2D eigenvalue weighted by molar-refractivity contribution is -0.172. The van der Waals surface area contributed by atoms with Crippen molar-refractivity contribution >= 4 is 22.9 Å². The van der Waals surface area contributed by atoms with Crippen LogP contribution in [0.15, 0.2) is 40.7 Å². The number of pyridine rings is 2. The minimum absolute atomic E-state index is 0.0444. The van der Waals surface area contributed by atoms with Gasteiger partial charge in [-0.1, -0.05) is 25.1 Å². The summed E-state index contributed by atoms with van der Waals surface area (Å²) in [5.41, 5.74) is 1.35. The van der Waals surface area contributed by atoms with E-state index in [0.717, 1.165) is 10.9 Å². The zero-order chi connectivity index (χ0) is 22.6. The SMILES string of the molecule is CCC1(O)C(=O)OCc2c1cc1n(c2=O)Cc2cc3cccc(C=C(C#N)C#N)c3nc2-1. The molecule has 2 aliphatic heterocycles. The molecule has 1 aromatic carbocycles. The summed E-state index contributed by atoms with van der Waals surface area (Å²) in [4.78, 5) is 30.3. The molecule has 5 rings (SSSR count). The van der Waals surface area contributed by atoms with Gasteiger partial charge in [-0.3, -0.25) is 4.79 Å². The summed E-state index contributed by atoms with van der Waals surface area (Å²) in [5, 5.41) is 30.0. The number of cyclic esters (lactones) is 1. The molecule has 3 aromatic rings. The monoisotopic (exact) mass is 424 g/mol. The third kappa shape index (κ3) is 2.60. The van der Waals surface area contributed by atoms with Gasteiger partial charge in [-0.05, 0) is 24.6 Å². The molecule has 0 saturated heterocycles. The summed E-state index contributed by atoms with van der Waals surface area (Å²) in [7, 11) is 0. The van der Waals surface area contributed by atoms with Crippen LogP contribution in [0.4, 0.5) is 0 Å². The lowest BCUT2D eigenvalue weighted by Crippen LogP contribution is -2.44. The van der Waals surface area contributed by atoms with Gasteiger partial charge in [-0.25, -0.2) is 9.78 Å². The van der Waals surface area contributed by atoms with Gasteiger partial charge in [0.1, 0.15) is 24.3 Å². The Labute approximate surface area is 182 Å². The first-order valence-corrected chi connectivity index (χ1v) is 10.0. The van der Waals surface area contributed by atoms with Gasteiger partial charge in [0.05, 0.1) is 29.0 Å². The Morgan fingerprint density at radius 3 is 2.81 bits per heavy atom. The largest absolute Gasteiger partial charge is 0.458 e. The first kappa shape index (κ1) is 19.7. The molecule has 2 aromatic heterocycles. The Morgan fingerprint density at radius 2 is 2.09 bits per heavy atom. The zero-order valence-electron chi connectivity index (χ0n) is 17.0. The van der Waals surface area contributed by atoms with Gasteiger partial charge < -0.3 is 14.4 Å². The van der Waals surface area contributed by atoms with E-state index >= 15 is 0 Å². The van der Waals surface area contributed by atoms with Crippen LogP contribution in [0.2, 0.25) is 0 Å². The summed E-state index contributed by atoms with van der Waals surface area (Å²) in [6.07, 6.45) is 1.54. The number of para-hydroxylation sites is 1. The molecule has 0 saturated carbocycles. The molecule has 0 aliphatic carbocycles. The van der Waals surface area contributed by atoms with E-state index in [1.54, 1.807) is 23.6 Å². The van der Waals surface area contributed by atoms with Crippen LogP contribution in [0.25, 0.3) is 28.4 Å². The van der Waals surface area contributed by atoms with E-state index < -0.39 is 11.6 Å². The Kier molecular flexibility index (Phi) is 4.23. The number of rotatable bonds is 2. The molecule has 0 amide bonds. The molecule has 0 radical (unpaired) electrons. The van der Waals surface area contributed by atoms with E-state index in [1.807, 2.05) is 30.3 Å². The van der Waals surface area contributed by atoms with Gasteiger partial charge in [-0.15, -0.1) is 0 Å². The molecule has 2 aliphatic rings. The number of ether oxygens (including phenoxy) is 1. The topological polar surface area (TPSA) is 129 Å². The van der Waals surface area contributed by atoms with Crippen LogP contribution < -0.4 is 5.56 Å². The van der Waals surface area contributed by atoms with Gasteiger partial charge in [0.2, 0.25) is 0 Å². The van der Waals surface area contributed by atoms with E-state index in [9.17, 15) is 14.7 Å². The highest BCUT2D eigenvalue weighted by atomic mass is 16.6. The van der Waals surface area contributed by atoms with E-state index in [2.05, 4.69) is 0 Å². The van der Waals surface area contributed by atoms with Crippen molar-refractivity contribution in [3.63, 3.8) is 0 Å². The summed E-state index contributed by atoms with van der Waals surface area (Å²) in [6.45, 7) is 1.78. The number of aromatic nitrogens is 2. The van der Waals surface area contributed by atoms with Crippen molar-refractivity contribution < 1.29 is 14.6 Å². The van der Waals surface area contributed by atoms with Gasteiger partial charge in [0, 0.05) is 22.1 Å². The first-order valence-electron chi connectivity index (χ1n) is 10.0. The number of carbonyl (C=O) groups is 1. The second-order valence-electron chi connectivity index (χ2n) is 7.80. The lowest BCUT2D eigenvalue weighted by Gasteiger charge is -2.31. The van der Waals surface area contributed by atoms with Crippen molar-refractivity contribution in [2.24, 2.45) is 0 Å². The normalized spacial score (nSPS) is 18.1. The van der Waals surface area contributed by atoms with E-state index in [0.29, 0.717) is 29.0 Å². The summed E-state index contributed by atoms with van der Waals surface area (Å²) < 4.78 is 6.65. The Balaban J connectivity index is 1.78. The fraction of sp³-hybridized carbons (Fsp3) is 0.208. The molecule has 8 heteroatoms. The maximum atomic E-state index is 13.2. The molecule has 4 heterocycles. The maximum absolute atomic E-state index is 13.2. The highest BCUT2D eigenvalue weighted by molar-refractivity contribution is 5.92. The average Bonchev–Trinajstić information content (AvgIpc) is 3.17. The molecule has 1 unspecified atom stereocenters. The van der Waals surface area contributed by atoms with Gasteiger partial charge in [0.25, 0.3) is 5.56 Å². The maximum Gasteiger partial charge on any atom is 0.343 e. The quantitative estimate of drug-likeness (QED) is 0.387. The number of allylic oxidation sites excluding steroid dienone is 1. The molecule has 0 fully saturated rings. The number of esters is 1. The molecule has 0 bridgehead atoms. The fourth-order valence-corrected chi connectivity index (χ4v) is 4.39. The molecule has 32 heavy (non-hydrogen) atoms.